The van der Waals surface area contributed by atoms with E-state index >= 15 is 0 Å². The molecule has 0 fully saturated rings. The van der Waals surface area contributed by atoms with Crippen LogP contribution in [0.4, 0.5) is 11.4 Å². The predicted molar refractivity (Wildman–Crippen MR) is 110 cm³/mol. The number of carbonyl (C=O) groups is 1. The number of nitrogens with one attached hydrogen (secondary N) is 1. The Balaban J connectivity index is 1.60. The second kappa shape index (κ2) is 7.80. The Labute approximate surface area is 163 Å². The maximum atomic E-state index is 11.9. The van der Waals surface area contributed by atoms with Gasteiger partial charge in [0.15, 0.2) is 0 Å². The fourth-order valence-electron chi connectivity index (χ4n) is 3.05. The standard InChI is InChI=1S/C23H19N3O2/c1-28-23(27)20-9-5-6-10-21(20)25-18-13-11-17(12-14-18)22-24-15-16-26(22)19-7-3-2-4-8-19/h2-16,25H,1H3. The lowest BCUT2D eigenvalue weighted by molar-refractivity contribution is 0.0602. The molecule has 0 aliphatic rings. The minimum absolute atomic E-state index is 0.371. The van der Waals surface area contributed by atoms with Crippen LogP contribution in [0, 0.1) is 0 Å². The van der Waals surface area contributed by atoms with Gasteiger partial charge in [-0.05, 0) is 48.5 Å². The third kappa shape index (κ3) is 3.50. The molecule has 4 aromatic rings. The average molecular weight is 369 g/mol. The van der Waals surface area contributed by atoms with Crippen LogP contribution < -0.4 is 5.32 Å². The molecule has 0 unspecified atom stereocenters. The zero-order valence-electron chi connectivity index (χ0n) is 15.4. The number of hydrogen-bond acceptors (Lipinski definition) is 4. The summed E-state index contributed by atoms with van der Waals surface area (Å²) >= 11 is 0. The first-order valence-corrected chi connectivity index (χ1v) is 8.90. The predicted octanol–water partition coefficient (Wildman–Crippen LogP) is 5.07. The molecule has 0 bridgehead atoms. The Bertz CT molecular complexity index is 1090. The molecule has 5 nitrogen and oxygen atoms in total. The average Bonchev–Trinajstić information content (AvgIpc) is 3.25. The maximum absolute atomic E-state index is 11.9. The lowest BCUT2D eigenvalue weighted by Crippen LogP contribution is -2.05. The summed E-state index contributed by atoms with van der Waals surface area (Å²) in [6, 6.07) is 25.3. The van der Waals surface area contributed by atoms with Crippen molar-refractivity contribution in [3.05, 3.63) is 96.8 Å². The van der Waals surface area contributed by atoms with Gasteiger partial charge in [-0.1, -0.05) is 30.3 Å². The number of esters is 1. The first-order chi connectivity index (χ1) is 13.8. The molecule has 1 N–H and O–H groups in total. The number of hydrogen-bond donors (Lipinski definition) is 1. The molecule has 138 valence electrons. The molecule has 0 amide bonds. The van der Waals surface area contributed by atoms with Crippen LogP contribution in [0.15, 0.2) is 91.3 Å². The van der Waals surface area contributed by atoms with Crippen LogP contribution in [-0.2, 0) is 4.74 Å². The van der Waals surface area contributed by atoms with Gasteiger partial charge in [-0.25, -0.2) is 9.78 Å². The molecule has 1 heterocycles. The van der Waals surface area contributed by atoms with Crippen LogP contribution in [0.25, 0.3) is 17.1 Å². The highest BCUT2D eigenvalue weighted by Gasteiger charge is 2.12. The summed E-state index contributed by atoms with van der Waals surface area (Å²) in [6.45, 7) is 0. The van der Waals surface area contributed by atoms with Crippen LogP contribution >= 0.6 is 0 Å². The fraction of sp³-hybridized carbons (Fsp3) is 0.0435. The van der Waals surface area contributed by atoms with Crippen LogP contribution in [-0.4, -0.2) is 22.6 Å². The number of methoxy groups -OCH3 is 1. The highest BCUT2D eigenvalue weighted by molar-refractivity contribution is 5.96. The molecule has 4 rings (SSSR count). The van der Waals surface area contributed by atoms with Gasteiger partial charge < -0.3 is 10.1 Å². The van der Waals surface area contributed by atoms with E-state index < -0.39 is 0 Å². The summed E-state index contributed by atoms with van der Waals surface area (Å²) in [5.74, 6) is 0.498. The Morgan fingerprint density at radius 1 is 0.929 bits per heavy atom. The number of anilines is 2. The normalized spacial score (nSPS) is 10.5. The van der Waals surface area contributed by atoms with E-state index in [0.29, 0.717) is 11.3 Å². The second-order valence-corrected chi connectivity index (χ2v) is 6.20. The molecule has 5 heteroatoms. The Kier molecular flexibility index (Phi) is 4.89. The minimum Gasteiger partial charge on any atom is -0.465 e. The van der Waals surface area contributed by atoms with Crippen molar-refractivity contribution < 1.29 is 9.53 Å². The van der Waals surface area contributed by atoms with E-state index in [1.807, 2.05) is 79.0 Å². The number of carbonyl (C=O) groups excluding carboxylic acids is 1. The number of nitrogens with zero attached hydrogens (tertiary/aromatic N) is 2. The van der Waals surface area contributed by atoms with Crippen LogP contribution in [0.1, 0.15) is 10.4 Å². The van der Waals surface area contributed by atoms with Crippen molar-refractivity contribution in [2.45, 2.75) is 0 Å². The first-order valence-electron chi connectivity index (χ1n) is 8.90. The van der Waals surface area contributed by atoms with E-state index in [9.17, 15) is 4.79 Å². The molecule has 0 saturated heterocycles. The van der Waals surface area contributed by atoms with Gasteiger partial charge in [-0.3, -0.25) is 4.57 Å². The van der Waals surface area contributed by atoms with Gasteiger partial charge in [-0.2, -0.15) is 0 Å². The van der Waals surface area contributed by atoms with E-state index in [-0.39, 0.29) is 5.97 Å². The lowest BCUT2D eigenvalue weighted by Gasteiger charge is -2.12. The van der Waals surface area contributed by atoms with Crippen molar-refractivity contribution in [1.29, 1.82) is 0 Å². The Morgan fingerprint density at radius 2 is 1.64 bits per heavy atom. The van der Waals surface area contributed by atoms with Crippen molar-refractivity contribution in [1.82, 2.24) is 9.55 Å². The number of aromatic nitrogens is 2. The van der Waals surface area contributed by atoms with Crippen LogP contribution in [0.3, 0.4) is 0 Å². The van der Waals surface area contributed by atoms with E-state index in [1.54, 1.807) is 12.3 Å². The summed E-state index contributed by atoms with van der Waals surface area (Å²) in [5.41, 5.74) is 4.13. The fourth-order valence-corrected chi connectivity index (χ4v) is 3.05. The van der Waals surface area contributed by atoms with Crippen molar-refractivity contribution in [2.24, 2.45) is 0 Å². The topological polar surface area (TPSA) is 56.1 Å². The van der Waals surface area contributed by atoms with Gasteiger partial charge >= 0.3 is 5.97 Å². The van der Waals surface area contributed by atoms with E-state index in [2.05, 4.69) is 14.9 Å². The van der Waals surface area contributed by atoms with Crippen LogP contribution in [0.2, 0.25) is 0 Å². The molecular formula is C23H19N3O2. The van der Waals surface area contributed by atoms with Gasteiger partial charge in [-0.15, -0.1) is 0 Å². The van der Waals surface area contributed by atoms with Gasteiger partial charge in [0.2, 0.25) is 0 Å². The zero-order chi connectivity index (χ0) is 19.3. The summed E-state index contributed by atoms with van der Waals surface area (Å²) in [4.78, 5) is 16.4. The van der Waals surface area contributed by atoms with Crippen molar-refractivity contribution >= 4 is 17.3 Å². The summed E-state index contributed by atoms with van der Waals surface area (Å²) in [7, 11) is 1.38. The highest BCUT2D eigenvalue weighted by Crippen LogP contribution is 2.26. The van der Waals surface area contributed by atoms with Crippen molar-refractivity contribution in [3.8, 4) is 17.1 Å². The Hall–Kier alpha value is -3.86. The van der Waals surface area contributed by atoms with Gasteiger partial charge in [0.05, 0.1) is 18.4 Å². The molecule has 0 spiro atoms. The third-order valence-electron chi connectivity index (χ3n) is 4.43. The Morgan fingerprint density at radius 3 is 2.39 bits per heavy atom. The van der Waals surface area contributed by atoms with E-state index in [1.165, 1.54) is 7.11 Å². The second-order valence-electron chi connectivity index (χ2n) is 6.20. The number of benzene rings is 3. The lowest BCUT2D eigenvalue weighted by atomic mass is 10.1. The summed E-state index contributed by atoms with van der Waals surface area (Å²) in [5, 5.41) is 3.28. The quantitative estimate of drug-likeness (QED) is 0.499. The number of para-hydroxylation sites is 2. The maximum Gasteiger partial charge on any atom is 0.339 e. The molecule has 0 aliphatic carbocycles. The molecule has 0 aliphatic heterocycles. The molecule has 0 atom stereocenters. The van der Waals surface area contributed by atoms with Crippen LogP contribution in [0.5, 0.6) is 0 Å². The smallest absolute Gasteiger partial charge is 0.339 e. The molecule has 0 saturated carbocycles. The van der Waals surface area contributed by atoms with E-state index in [4.69, 9.17) is 4.74 Å². The number of rotatable bonds is 5. The van der Waals surface area contributed by atoms with Crippen molar-refractivity contribution in [3.63, 3.8) is 0 Å². The van der Waals surface area contributed by atoms with Gasteiger partial charge in [0.25, 0.3) is 0 Å². The monoisotopic (exact) mass is 369 g/mol. The highest BCUT2D eigenvalue weighted by atomic mass is 16.5. The zero-order valence-corrected chi connectivity index (χ0v) is 15.4. The van der Waals surface area contributed by atoms with Gasteiger partial charge in [0, 0.05) is 29.3 Å². The third-order valence-corrected chi connectivity index (χ3v) is 4.43. The molecular weight excluding hydrogens is 350 g/mol. The summed E-state index contributed by atoms with van der Waals surface area (Å²) < 4.78 is 6.90. The minimum atomic E-state index is -0.371. The van der Waals surface area contributed by atoms with E-state index in [0.717, 1.165) is 22.8 Å². The first kappa shape index (κ1) is 17.5. The van der Waals surface area contributed by atoms with Crippen molar-refractivity contribution in [2.75, 3.05) is 12.4 Å². The summed E-state index contributed by atoms with van der Waals surface area (Å²) in [6.07, 6.45) is 3.74. The van der Waals surface area contributed by atoms with Gasteiger partial charge in [0.1, 0.15) is 5.82 Å². The SMILES string of the molecule is COC(=O)c1ccccc1Nc1ccc(-c2nccn2-c2ccccc2)cc1. The molecule has 3 aromatic carbocycles. The number of imidazole rings is 1. The molecule has 1 aromatic heterocycles. The molecule has 28 heavy (non-hydrogen) atoms. The molecule has 0 radical (unpaired) electrons. The number of ether oxygens (including phenoxy) is 1. The largest absolute Gasteiger partial charge is 0.465 e.